The van der Waals surface area contributed by atoms with E-state index in [1.807, 2.05) is 43.0 Å². The van der Waals surface area contributed by atoms with Crippen molar-refractivity contribution < 1.29 is 9.32 Å². The van der Waals surface area contributed by atoms with Crippen molar-refractivity contribution in [1.82, 2.24) is 15.0 Å². The fourth-order valence-electron chi connectivity index (χ4n) is 3.99. The Morgan fingerprint density at radius 2 is 1.97 bits per heavy atom. The average Bonchev–Trinajstić information content (AvgIpc) is 3.32. The molecule has 6 nitrogen and oxygen atoms in total. The second kappa shape index (κ2) is 7.56. The van der Waals surface area contributed by atoms with Crippen LogP contribution < -0.4 is 4.90 Å². The van der Waals surface area contributed by atoms with Gasteiger partial charge in [-0.1, -0.05) is 34.2 Å². The number of carbonyl (C=O) groups is 1. The summed E-state index contributed by atoms with van der Waals surface area (Å²) >= 11 is 7.73. The molecule has 30 heavy (non-hydrogen) atoms. The summed E-state index contributed by atoms with van der Waals surface area (Å²) in [5.74, 6) is 0.0834. The molecule has 2 aromatic carbocycles. The molecule has 3 heterocycles. The van der Waals surface area contributed by atoms with Crippen LogP contribution in [0.1, 0.15) is 16.8 Å². The number of amides is 1. The van der Waals surface area contributed by atoms with E-state index in [0.717, 1.165) is 55.6 Å². The quantitative estimate of drug-likeness (QED) is 0.466. The summed E-state index contributed by atoms with van der Waals surface area (Å²) in [5.41, 5.74) is 4.63. The number of benzene rings is 2. The summed E-state index contributed by atoms with van der Waals surface area (Å²) in [7, 11) is 0. The summed E-state index contributed by atoms with van der Waals surface area (Å²) in [6.07, 6.45) is 0.259. The number of halogens is 1. The van der Waals surface area contributed by atoms with E-state index in [1.165, 1.54) is 0 Å². The Kier molecular flexibility index (Phi) is 4.87. The van der Waals surface area contributed by atoms with Crippen LogP contribution >= 0.6 is 22.9 Å². The maximum Gasteiger partial charge on any atom is 0.228 e. The minimum Gasteiger partial charge on any atom is -0.356 e. The monoisotopic (exact) mass is 440 g/mol. The predicted molar refractivity (Wildman–Crippen MR) is 121 cm³/mol. The highest BCUT2D eigenvalue weighted by atomic mass is 35.5. The average molecular weight is 441 g/mol. The summed E-state index contributed by atoms with van der Waals surface area (Å²) in [5, 5.41) is 6.81. The van der Waals surface area contributed by atoms with Gasteiger partial charge in [0.2, 0.25) is 5.91 Å². The van der Waals surface area contributed by atoms with Crippen molar-refractivity contribution >= 4 is 55.2 Å². The largest absolute Gasteiger partial charge is 0.356 e. The van der Waals surface area contributed by atoms with E-state index in [4.69, 9.17) is 21.1 Å². The Morgan fingerprint density at radius 1 is 1.17 bits per heavy atom. The fourth-order valence-corrected chi connectivity index (χ4v) is 5.28. The SMILES string of the molecule is Cc1cc(C)c2onc(CC(=O)N3CCN(c4nc5ccc(Cl)cc5s4)CC3)c2c1. The van der Waals surface area contributed by atoms with Crippen LogP contribution in [0.2, 0.25) is 5.02 Å². The number of rotatable bonds is 3. The molecule has 1 aliphatic rings. The number of hydrogen-bond donors (Lipinski definition) is 0. The minimum absolute atomic E-state index is 0.0834. The zero-order chi connectivity index (χ0) is 20.8. The third-order valence-corrected chi connectivity index (χ3v) is 6.85. The molecule has 1 fully saturated rings. The number of carbonyl (C=O) groups excluding carboxylic acids is 1. The molecule has 0 atom stereocenters. The molecule has 1 aliphatic heterocycles. The molecule has 5 rings (SSSR count). The number of anilines is 1. The van der Waals surface area contributed by atoms with Gasteiger partial charge in [-0.05, 0) is 49.2 Å². The Hall–Kier alpha value is -2.64. The van der Waals surface area contributed by atoms with Gasteiger partial charge in [0, 0.05) is 36.6 Å². The smallest absolute Gasteiger partial charge is 0.228 e. The van der Waals surface area contributed by atoms with Crippen molar-refractivity contribution in [2.24, 2.45) is 0 Å². The molecule has 0 unspecified atom stereocenters. The van der Waals surface area contributed by atoms with Crippen LogP contribution in [-0.4, -0.2) is 47.1 Å². The topological polar surface area (TPSA) is 62.5 Å². The standard InChI is InChI=1S/C22H21ClN4O2S/c1-13-9-14(2)21-16(10-13)18(25-29-21)12-20(28)26-5-7-27(8-6-26)22-24-17-4-3-15(23)11-19(17)30-22/h3-4,9-11H,5-8,12H2,1-2H3. The Bertz CT molecular complexity index is 1260. The van der Waals surface area contributed by atoms with Gasteiger partial charge >= 0.3 is 0 Å². The lowest BCUT2D eigenvalue weighted by atomic mass is 10.1. The molecule has 2 aromatic heterocycles. The van der Waals surface area contributed by atoms with Gasteiger partial charge in [-0.3, -0.25) is 4.79 Å². The van der Waals surface area contributed by atoms with Gasteiger partial charge in [-0.2, -0.15) is 0 Å². The van der Waals surface area contributed by atoms with E-state index in [2.05, 4.69) is 16.1 Å². The Morgan fingerprint density at radius 3 is 2.77 bits per heavy atom. The van der Waals surface area contributed by atoms with Crippen molar-refractivity contribution in [3.8, 4) is 0 Å². The van der Waals surface area contributed by atoms with Gasteiger partial charge < -0.3 is 14.3 Å². The van der Waals surface area contributed by atoms with Gasteiger partial charge in [0.05, 0.1) is 16.6 Å². The van der Waals surface area contributed by atoms with Crippen LogP contribution in [0.4, 0.5) is 5.13 Å². The molecular weight excluding hydrogens is 420 g/mol. The summed E-state index contributed by atoms with van der Waals surface area (Å²) < 4.78 is 6.57. The van der Waals surface area contributed by atoms with Crippen LogP contribution in [0.25, 0.3) is 21.2 Å². The highest BCUT2D eigenvalue weighted by molar-refractivity contribution is 7.22. The second-order valence-electron chi connectivity index (χ2n) is 7.74. The van der Waals surface area contributed by atoms with Gasteiger partial charge in [-0.15, -0.1) is 0 Å². The van der Waals surface area contributed by atoms with E-state index in [1.54, 1.807) is 11.3 Å². The maximum absolute atomic E-state index is 12.9. The predicted octanol–water partition coefficient (Wildman–Crippen LogP) is 4.60. The molecule has 4 aromatic rings. The number of fused-ring (bicyclic) bond motifs is 2. The van der Waals surface area contributed by atoms with Crippen molar-refractivity contribution in [3.63, 3.8) is 0 Å². The third-order valence-electron chi connectivity index (χ3n) is 5.54. The molecule has 1 amide bonds. The number of nitrogens with zero attached hydrogens (tertiary/aromatic N) is 4. The lowest BCUT2D eigenvalue weighted by Crippen LogP contribution is -2.49. The summed E-state index contributed by atoms with van der Waals surface area (Å²) in [6.45, 7) is 6.91. The van der Waals surface area contributed by atoms with Crippen molar-refractivity contribution in [1.29, 1.82) is 0 Å². The zero-order valence-electron chi connectivity index (χ0n) is 16.8. The first kappa shape index (κ1) is 19.3. The number of aryl methyl sites for hydroxylation is 2. The molecule has 8 heteroatoms. The Labute approximate surface area is 183 Å². The molecule has 0 aliphatic carbocycles. The molecule has 0 N–H and O–H groups in total. The second-order valence-corrected chi connectivity index (χ2v) is 9.19. The van der Waals surface area contributed by atoms with Gasteiger partial charge in [0.25, 0.3) is 0 Å². The van der Waals surface area contributed by atoms with Crippen LogP contribution in [-0.2, 0) is 11.2 Å². The van der Waals surface area contributed by atoms with Crippen LogP contribution in [0.5, 0.6) is 0 Å². The molecule has 0 spiro atoms. The molecular formula is C22H21ClN4O2S. The molecule has 0 saturated carbocycles. The van der Waals surface area contributed by atoms with E-state index in [0.29, 0.717) is 18.8 Å². The van der Waals surface area contributed by atoms with Crippen molar-refractivity contribution in [2.75, 3.05) is 31.1 Å². The minimum atomic E-state index is 0.0834. The van der Waals surface area contributed by atoms with Gasteiger partial charge in [0.1, 0.15) is 5.69 Å². The molecule has 0 radical (unpaired) electrons. The molecule has 154 valence electrons. The first-order chi connectivity index (χ1) is 14.5. The van der Waals surface area contributed by atoms with Crippen LogP contribution in [0, 0.1) is 13.8 Å². The fraction of sp³-hybridized carbons (Fsp3) is 0.318. The number of hydrogen-bond acceptors (Lipinski definition) is 6. The lowest BCUT2D eigenvalue weighted by molar-refractivity contribution is -0.130. The number of aromatic nitrogens is 2. The van der Waals surface area contributed by atoms with E-state index in [-0.39, 0.29) is 12.3 Å². The van der Waals surface area contributed by atoms with Gasteiger partial charge in [0.15, 0.2) is 10.7 Å². The highest BCUT2D eigenvalue weighted by Gasteiger charge is 2.25. The zero-order valence-corrected chi connectivity index (χ0v) is 18.4. The van der Waals surface area contributed by atoms with Crippen molar-refractivity contribution in [3.05, 3.63) is 52.2 Å². The van der Waals surface area contributed by atoms with Gasteiger partial charge in [-0.25, -0.2) is 4.98 Å². The summed E-state index contributed by atoms with van der Waals surface area (Å²) in [4.78, 5) is 21.8. The van der Waals surface area contributed by atoms with Crippen molar-refractivity contribution in [2.45, 2.75) is 20.3 Å². The van der Waals surface area contributed by atoms with E-state index < -0.39 is 0 Å². The van der Waals surface area contributed by atoms with E-state index >= 15 is 0 Å². The summed E-state index contributed by atoms with van der Waals surface area (Å²) in [6, 6.07) is 9.86. The van der Waals surface area contributed by atoms with Crippen LogP contribution in [0.15, 0.2) is 34.9 Å². The first-order valence-electron chi connectivity index (χ1n) is 9.92. The van der Waals surface area contributed by atoms with Crippen LogP contribution in [0.3, 0.4) is 0 Å². The highest BCUT2D eigenvalue weighted by Crippen LogP contribution is 2.31. The lowest BCUT2D eigenvalue weighted by Gasteiger charge is -2.34. The third kappa shape index (κ3) is 3.52. The first-order valence-corrected chi connectivity index (χ1v) is 11.1. The molecule has 0 bridgehead atoms. The molecule has 1 saturated heterocycles. The maximum atomic E-state index is 12.9. The Balaban J connectivity index is 1.27. The number of piperazine rings is 1. The normalized spacial score (nSPS) is 14.8. The van der Waals surface area contributed by atoms with E-state index in [9.17, 15) is 4.79 Å². The number of thiazole rings is 1.